The lowest BCUT2D eigenvalue weighted by atomic mass is 10.0. The van der Waals surface area contributed by atoms with Gasteiger partial charge in [-0.1, -0.05) is 87.4 Å². The molecule has 0 fully saturated rings. The van der Waals surface area contributed by atoms with Gasteiger partial charge in [-0.2, -0.15) is 0 Å². The summed E-state index contributed by atoms with van der Waals surface area (Å²) in [6, 6.07) is 17.4. The molecule has 140 valence electrons. The van der Waals surface area contributed by atoms with Crippen LogP contribution in [-0.4, -0.2) is 17.5 Å². The van der Waals surface area contributed by atoms with Crippen molar-refractivity contribution in [2.45, 2.75) is 58.3 Å². The summed E-state index contributed by atoms with van der Waals surface area (Å²) in [4.78, 5) is 0. The molecule has 0 aliphatic carbocycles. The normalized spacial score (nSPS) is 11.5. The molecule has 3 nitrogen and oxygen atoms in total. The maximum absolute atomic E-state index is 9.35. The summed E-state index contributed by atoms with van der Waals surface area (Å²) in [5.74, 6) is 0.863. The molecule has 0 saturated carbocycles. The number of unbranched alkanes of at least 4 members (excludes halogenated alkanes) is 7. The topological polar surface area (TPSA) is 41.8 Å². The Labute approximate surface area is 157 Å². The number of ether oxygens (including phenoxy) is 1. The summed E-state index contributed by atoms with van der Waals surface area (Å²) in [6.45, 7) is 3.01. The predicted molar refractivity (Wildman–Crippen MR) is 108 cm³/mol. The van der Waals surface area contributed by atoms with Crippen LogP contribution in [0.5, 0.6) is 5.75 Å². The Balaban J connectivity index is 1.71. The number of hydrogen-bond donors (Lipinski definition) is 1. The highest BCUT2D eigenvalue weighted by Gasteiger charge is 2.07. The first-order chi connectivity index (χ1) is 12.8. The second-order valence-corrected chi connectivity index (χ2v) is 6.66. The molecule has 0 aliphatic heterocycles. The molecule has 0 unspecified atom stereocenters. The van der Waals surface area contributed by atoms with E-state index in [4.69, 9.17) is 4.74 Å². The molecule has 2 aromatic rings. The predicted octanol–water partition coefficient (Wildman–Crippen LogP) is 6.43. The van der Waals surface area contributed by atoms with Crippen LogP contribution in [0.3, 0.4) is 0 Å². The number of hydrogen-bond acceptors (Lipinski definition) is 3. The number of rotatable bonds is 12. The van der Waals surface area contributed by atoms with E-state index in [0.717, 1.165) is 29.9 Å². The van der Waals surface area contributed by atoms with E-state index in [0.29, 0.717) is 5.71 Å². The third kappa shape index (κ3) is 6.91. The average molecular weight is 354 g/mol. The summed E-state index contributed by atoms with van der Waals surface area (Å²) >= 11 is 0. The first-order valence-corrected chi connectivity index (χ1v) is 9.86. The highest BCUT2D eigenvalue weighted by atomic mass is 16.5. The van der Waals surface area contributed by atoms with Crippen molar-refractivity contribution in [3.63, 3.8) is 0 Å². The molecule has 0 radical (unpaired) electrons. The Morgan fingerprint density at radius 2 is 1.35 bits per heavy atom. The van der Waals surface area contributed by atoms with Crippen LogP contribution in [-0.2, 0) is 0 Å². The van der Waals surface area contributed by atoms with Gasteiger partial charge in [-0.3, -0.25) is 0 Å². The van der Waals surface area contributed by atoms with E-state index in [9.17, 15) is 5.21 Å². The number of nitrogens with zero attached hydrogens (tertiary/aromatic N) is 1. The molecule has 3 heteroatoms. The molecule has 0 atom stereocenters. The Morgan fingerprint density at radius 3 is 1.96 bits per heavy atom. The fraction of sp³-hybridized carbons (Fsp3) is 0.435. The van der Waals surface area contributed by atoms with Gasteiger partial charge >= 0.3 is 0 Å². The van der Waals surface area contributed by atoms with Crippen molar-refractivity contribution in [2.24, 2.45) is 5.16 Å². The third-order valence-corrected chi connectivity index (χ3v) is 4.54. The van der Waals surface area contributed by atoms with Crippen LogP contribution in [0.15, 0.2) is 59.8 Å². The fourth-order valence-corrected chi connectivity index (χ4v) is 3.01. The van der Waals surface area contributed by atoms with E-state index < -0.39 is 0 Å². The molecule has 0 heterocycles. The Hall–Kier alpha value is -2.29. The van der Waals surface area contributed by atoms with E-state index in [-0.39, 0.29) is 0 Å². The zero-order valence-electron chi connectivity index (χ0n) is 15.9. The first-order valence-electron chi connectivity index (χ1n) is 9.86. The van der Waals surface area contributed by atoms with Gasteiger partial charge in [0.05, 0.1) is 6.61 Å². The van der Waals surface area contributed by atoms with E-state index in [1.165, 1.54) is 44.9 Å². The minimum Gasteiger partial charge on any atom is -0.494 e. The van der Waals surface area contributed by atoms with Gasteiger partial charge in [0.15, 0.2) is 0 Å². The van der Waals surface area contributed by atoms with E-state index in [2.05, 4.69) is 12.1 Å². The second kappa shape index (κ2) is 12.1. The molecule has 26 heavy (non-hydrogen) atoms. The van der Waals surface area contributed by atoms with Gasteiger partial charge in [-0.05, 0) is 30.7 Å². The van der Waals surface area contributed by atoms with Gasteiger partial charge < -0.3 is 9.94 Å². The lowest BCUT2D eigenvalue weighted by molar-refractivity contribution is 0.304. The van der Waals surface area contributed by atoms with Crippen molar-refractivity contribution in [2.75, 3.05) is 6.61 Å². The van der Waals surface area contributed by atoms with E-state index in [1.54, 1.807) is 0 Å². The van der Waals surface area contributed by atoms with Crippen LogP contribution in [0.4, 0.5) is 0 Å². The lowest BCUT2D eigenvalue weighted by Crippen LogP contribution is -2.03. The second-order valence-electron chi connectivity index (χ2n) is 6.66. The Kier molecular flexibility index (Phi) is 9.34. The van der Waals surface area contributed by atoms with Gasteiger partial charge in [-0.25, -0.2) is 0 Å². The number of oxime groups is 1. The zero-order valence-corrected chi connectivity index (χ0v) is 15.9. The molecular formula is C23H31NO2. The van der Waals surface area contributed by atoms with Crippen LogP contribution in [0, 0.1) is 0 Å². The molecular weight excluding hydrogens is 322 g/mol. The van der Waals surface area contributed by atoms with E-state index >= 15 is 0 Å². The maximum Gasteiger partial charge on any atom is 0.119 e. The standard InChI is InChI=1S/C23H31NO2/c1-2-3-4-5-6-7-8-12-19-26-22-17-15-21(16-18-22)23(24-25)20-13-10-9-11-14-20/h9-11,13-18,25H,2-8,12,19H2,1H3/b24-23-. The molecule has 0 bridgehead atoms. The van der Waals surface area contributed by atoms with Gasteiger partial charge in [0.1, 0.15) is 11.5 Å². The Bertz CT molecular complexity index is 635. The largest absolute Gasteiger partial charge is 0.494 e. The van der Waals surface area contributed by atoms with Crippen LogP contribution in [0.25, 0.3) is 0 Å². The van der Waals surface area contributed by atoms with Crippen molar-refractivity contribution in [3.05, 3.63) is 65.7 Å². The summed E-state index contributed by atoms with van der Waals surface area (Å²) < 4.78 is 5.82. The minimum absolute atomic E-state index is 0.570. The summed E-state index contributed by atoms with van der Waals surface area (Å²) in [6.07, 6.45) is 10.4. The van der Waals surface area contributed by atoms with Crippen molar-refractivity contribution in [3.8, 4) is 5.75 Å². The SMILES string of the molecule is CCCCCCCCCCOc1ccc(/C(=N\O)c2ccccc2)cc1. The van der Waals surface area contributed by atoms with E-state index in [1.807, 2.05) is 54.6 Å². The smallest absolute Gasteiger partial charge is 0.119 e. The van der Waals surface area contributed by atoms with Gasteiger partial charge in [0.25, 0.3) is 0 Å². The molecule has 0 amide bonds. The summed E-state index contributed by atoms with van der Waals surface area (Å²) in [7, 11) is 0. The van der Waals surface area contributed by atoms with Crippen molar-refractivity contribution in [1.29, 1.82) is 0 Å². The summed E-state index contributed by atoms with van der Waals surface area (Å²) in [5.41, 5.74) is 2.33. The monoisotopic (exact) mass is 353 g/mol. The van der Waals surface area contributed by atoms with Crippen LogP contribution < -0.4 is 4.74 Å². The van der Waals surface area contributed by atoms with Crippen molar-refractivity contribution >= 4 is 5.71 Å². The maximum atomic E-state index is 9.35. The van der Waals surface area contributed by atoms with Crippen LogP contribution in [0.2, 0.25) is 0 Å². The number of benzene rings is 2. The van der Waals surface area contributed by atoms with Gasteiger partial charge in [-0.15, -0.1) is 0 Å². The third-order valence-electron chi connectivity index (χ3n) is 4.54. The molecule has 0 saturated heterocycles. The van der Waals surface area contributed by atoms with Gasteiger partial charge in [0.2, 0.25) is 0 Å². The summed E-state index contributed by atoms with van der Waals surface area (Å²) in [5, 5.41) is 12.8. The molecule has 0 spiro atoms. The first kappa shape index (κ1) is 20.0. The van der Waals surface area contributed by atoms with Gasteiger partial charge in [0, 0.05) is 11.1 Å². The average Bonchev–Trinajstić information content (AvgIpc) is 2.69. The van der Waals surface area contributed by atoms with Crippen LogP contribution >= 0.6 is 0 Å². The molecule has 0 aliphatic rings. The van der Waals surface area contributed by atoms with Crippen LogP contribution in [0.1, 0.15) is 69.4 Å². The fourth-order valence-electron chi connectivity index (χ4n) is 3.01. The molecule has 0 aromatic heterocycles. The zero-order chi connectivity index (χ0) is 18.5. The van der Waals surface area contributed by atoms with Crippen molar-refractivity contribution in [1.82, 2.24) is 0 Å². The quantitative estimate of drug-likeness (QED) is 0.207. The molecule has 2 rings (SSSR count). The minimum atomic E-state index is 0.570. The lowest BCUT2D eigenvalue weighted by Gasteiger charge is -2.08. The highest BCUT2D eigenvalue weighted by molar-refractivity contribution is 6.12. The molecule has 1 N–H and O–H groups in total. The highest BCUT2D eigenvalue weighted by Crippen LogP contribution is 2.17. The molecule has 2 aromatic carbocycles. The Morgan fingerprint density at radius 1 is 0.769 bits per heavy atom. The van der Waals surface area contributed by atoms with Crippen molar-refractivity contribution < 1.29 is 9.94 Å².